The maximum atomic E-state index is 13.4. The Morgan fingerprint density at radius 3 is 2.55 bits per heavy atom. The van der Waals surface area contributed by atoms with Crippen molar-refractivity contribution < 1.29 is 22.3 Å². The van der Waals surface area contributed by atoms with Gasteiger partial charge in [0, 0.05) is 11.5 Å². The molecule has 1 fully saturated rings. The van der Waals surface area contributed by atoms with Gasteiger partial charge in [0.25, 0.3) is 0 Å². The molecule has 7 heteroatoms. The zero-order chi connectivity index (χ0) is 15.7. The van der Waals surface area contributed by atoms with Crippen LogP contribution in [0.25, 0.3) is 10.9 Å². The summed E-state index contributed by atoms with van der Waals surface area (Å²) in [5, 5.41) is 3.41. The Labute approximate surface area is 124 Å². The first-order chi connectivity index (χ1) is 10.4. The van der Waals surface area contributed by atoms with E-state index in [1.165, 1.54) is 6.07 Å². The number of piperidine rings is 1. The standard InChI is InChI=1S/C15H14F4N2O/c16-9-1-2-12-11(7-9)13(8-14(21-12)15(17,18)19)22-10-3-5-20-6-4-10/h1-2,7-8,10,20H,3-6H2. The predicted molar refractivity (Wildman–Crippen MR) is 73.2 cm³/mol. The quantitative estimate of drug-likeness (QED) is 0.861. The van der Waals surface area contributed by atoms with Crippen molar-refractivity contribution >= 4 is 10.9 Å². The molecule has 118 valence electrons. The van der Waals surface area contributed by atoms with E-state index >= 15 is 0 Å². The predicted octanol–water partition coefficient (Wildman–Crippen LogP) is 3.52. The normalized spacial score (nSPS) is 16.9. The van der Waals surface area contributed by atoms with E-state index in [1.807, 2.05) is 0 Å². The number of benzene rings is 1. The van der Waals surface area contributed by atoms with Crippen LogP contribution in [0, 0.1) is 5.82 Å². The molecule has 0 saturated carbocycles. The summed E-state index contributed by atoms with van der Waals surface area (Å²) in [7, 11) is 0. The summed E-state index contributed by atoms with van der Waals surface area (Å²) in [6.45, 7) is 1.49. The molecule has 1 aliphatic rings. The van der Waals surface area contributed by atoms with Gasteiger partial charge in [-0.25, -0.2) is 9.37 Å². The van der Waals surface area contributed by atoms with Crippen LogP contribution < -0.4 is 10.1 Å². The number of pyridine rings is 1. The van der Waals surface area contributed by atoms with Crippen LogP contribution in [0.5, 0.6) is 5.75 Å². The van der Waals surface area contributed by atoms with Gasteiger partial charge in [-0.1, -0.05) is 0 Å². The van der Waals surface area contributed by atoms with E-state index in [2.05, 4.69) is 10.3 Å². The molecule has 3 nitrogen and oxygen atoms in total. The first kappa shape index (κ1) is 15.0. The van der Waals surface area contributed by atoms with Gasteiger partial charge in [-0.2, -0.15) is 13.2 Å². The molecule has 3 rings (SSSR count). The summed E-state index contributed by atoms with van der Waals surface area (Å²) in [5.41, 5.74) is -0.962. The summed E-state index contributed by atoms with van der Waals surface area (Å²) >= 11 is 0. The number of hydrogen-bond donors (Lipinski definition) is 1. The largest absolute Gasteiger partial charge is 0.490 e. The third kappa shape index (κ3) is 3.14. The first-order valence-electron chi connectivity index (χ1n) is 6.98. The summed E-state index contributed by atoms with van der Waals surface area (Å²) < 4.78 is 58.0. The van der Waals surface area contributed by atoms with Crippen molar-refractivity contribution in [2.24, 2.45) is 0 Å². The number of nitrogens with one attached hydrogen (secondary N) is 1. The van der Waals surface area contributed by atoms with Gasteiger partial charge in [0.05, 0.1) is 5.52 Å². The second kappa shape index (κ2) is 5.72. The second-order valence-electron chi connectivity index (χ2n) is 5.23. The molecule has 1 aromatic carbocycles. The van der Waals surface area contributed by atoms with E-state index in [9.17, 15) is 17.6 Å². The number of ether oxygens (including phenoxy) is 1. The van der Waals surface area contributed by atoms with Crippen LogP contribution >= 0.6 is 0 Å². The lowest BCUT2D eigenvalue weighted by atomic mass is 10.1. The monoisotopic (exact) mass is 314 g/mol. The van der Waals surface area contributed by atoms with E-state index in [0.717, 1.165) is 31.3 Å². The van der Waals surface area contributed by atoms with Gasteiger partial charge in [-0.05, 0) is 44.1 Å². The van der Waals surface area contributed by atoms with Crippen molar-refractivity contribution in [2.45, 2.75) is 25.1 Å². The van der Waals surface area contributed by atoms with Gasteiger partial charge in [-0.3, -0.25) is 0 Å². The summed E-state index contributed by atoms with van der Waals surface area (Å²) in [6.07, 6.45) is -3.37. The molecule has 2 aromatic rings. The molecular formula is C15H14F4N2O. The maximum Gasteiger partial charge on any atom is 0.433 e. The Morgan fingerprint density at radius 2 is 1.86 bits per heavy atom. The topological polar surface area (TPSA) is 34.1 Å². The number of fused-ring (bicyclic) bond motifs is 1. The molecule has 0 bridgehead atoms. The van der Waals surface area contributed by atoms with Gasteiger partial charge in [0.15, 0.2) is 0 Å². The van der Waals surface area contributed by atoms with Crippen molar-refractivity contribution in [3.05, 3.63) is 35.8 Å². The number of hydrogen-bond acceptors (Lipinski definition) is 3. The van der Waals surface area contributed by atoms with Crippen molar-refractivity contribution in [3.8, 4) is 5.75 Å². The highest BCUT2D eigenvalue weighted by atomic mass is 19.4. The highest BCUT2D eigenvalue weighted by Crippen LogP contribution is 2.35. The van der Waals surface area contributed by atoms with Crippen LogP contribution in [-0.4, -0.2) is 24.2 Å². The average molecular weight is 314 g/mol. The SMILES string of the molecule is Fc1ccc2nc(C(F)(F)F)cc(OC3CCNCC3)c2c1. The molecule has 0 unspecified atom stereocenters. The van der Waals surface area contributed by atoms with Crippen LogP contribution in [0.3, 0.4) is 0 Å². The molecule has 1 aliphatic heterocycles. The molecule has 2 heterocycles. The zero-order valence-corrected chi connectivity index (χ0v) is 11.6. The first-order valence-corrected chi connectivity index (χ1v) is 6.98. The number of aromatic nitrogens is 1. The Balaban J connectivity index is 2.05. The van der Waals surface area contributed by atoms with Gasteiger partial charge in [0.1, 0.15) is 23.4 Å². The van der Waals surface area contributed by atoms with E-state index in [-0.39, 0.29) is 22.8 Å². The van der Waals surface area contributed by atoms with Crippen LogP contribution in [0.1, 0.15) is 18.5 Å². The maximum absolute atomic E-state index is 13.4. The molecule has 22 heavy (non-hydrogen) atoms. The van der Waals surface area contributed by atoms with Crippen molar-refractivity contribution in [2.75, 3.05) is 13.1 Å². The van der Waals surface area contributed by atoms with E-state index in [1.54, 1.807) is 0 Å². The lowest BCUT2D eigenvalue weighted by Crippen LogP contribution is -2.34. The van der Waals surface area contributed by atoms with Gasteiger partial charge < -0.3 is 10.1 Å². The minimum atomic E-state index is -4.57. The smallest absolute Gasteiger partial charge is 0.433 e. The van der Waals surface area contributed by atoms with E-state index < -0.39 is 17.7 Å². The third-order valence-electron chi connectivity index (χ3n) is 3.60. The molecule has 0 spiro atoms. The van der Waals surface area contributed by atoms with Crippen LogP contribution in [0.15, 0.2) is 24.3 Å². The summed E-state index contributed by atoms with van der Waals surface area (Å²) in [5.74, 6) is -0.507. The molecule has 0 radical (unpaired) electrons. The number of halogens is 4. The fraction of sp³-hybridized carbons (Fsp3) is 0.400. The number of alkyl halides is 3. The van der Waals surface area contributed by atoms with Crippen LogP contribution in [0.4, 0.5) is 17.6 Å². The highest BCUT2D eigenvalue weighted by molar-refractivity contribution is 5.85. The van der Waals surface area contributed by atoms with Crippen molar-refractivity contribution in [3.63, 3.8) is 0 Å². The van der Waals surface area contributed by atoms with Crippen molar-refractivity contribution in [1.29, 1.82) is 0 Å². The van der Waals surface area contributed by atoms with Crippen molar-refractivity contribution in [1.82, 2.24) is 10.3 Å². The van der Waals surface area contributed by atoms with Crippen LogP contribution in [0.2, 0.25) is 0 Å². The molecule has 0 amide bonds. The molecule has 1 aromatic heterocycles. The minimum Gasteiger partial charge on any atom is -0.490 e. The molecule has 1 N–H and O–H groups in total. The van der Waals surface area contributed by atoms with Gasteiger partial charge in [-0.15, -0.1) is 0 Å². The fourth-order valence-corrected chi connectivity index (χ4v) is 2.50. The summed E-state index contributed by atoms with van der Waals surface area (Å²) in [6, 6.07) is 4.32. The lowest BCUT2D eigenvalue weighted by Gasteiger charge is -2.25. The Kier molecular flexibility index (Phi) is 3.90. The van der Waals surface area contributed by atoms with Crippen LogP contribution in [-0.2, 0) is 6.18 Å². The Bertz CT molecular complexity index is 681. The highest BCUT2D eigenvalue weighted by Gasteiger charge is 2.34. The Hall–Kier alpha value is -1.89. The minimum absolute atomic E-state index is 0.0312. The fourth-order valence-electron chi connectivity index (χ4n) is 2.50. The molecular weight excluding hydrogens is 300 g/mol. The average Bonchev–Trinajstić information content (AvgIpc) is 2.47. The summed E-state index contributed by atoms with van der Waals surface area (Å²) in [4.78, 5) is 3.56. The van der Waals surface area contributed by atoms with E-state index in [4.69, 9.17) is 4.74 Å². The zero-order valence-electron chi connectivity index (χ0n) is 11.6. The molecule has 0 atom stereocenters. The number of rotatable bonds is 2. The molecule has 0 aliphatic carbocycles. The Morgan fingerprint density at radius 1 is 1.14 bits per heavy atom. The van der Waals surface area contributed by atoms with Gasteiger partial charge in [0.2, 0.25) is 0 Å². The molecule has 1 saturated heterocycles. The number of nitrogens with zero attached hydrogens (tertiary/aromatic N) is 1. The van der Waals surface area contributed by atoms with Gasteiger partial charge >= 0.3 is 6.18 Å². The third-order valence-corrected chi connectivity index (χ3v) is 3.60. The lowest BCUT2D eigenvalue weighted by molar-refractivity contribution is -0.141. The second-order valence-corrected chi connectivity index (χ2v) is 5.23. The van der Waals surface area contributed by atoms with E-state index in [0.29, 0.717) is 12.8 Å².